The van der Waals surface area contributed by atoms with Gasteiger partial charge in [0.15, 0.2) is 0 Å². The monoisotopic (exact) mass is 1560 g/mol. The number of nitrogens with zero attached hydrogens (tertiary/aromatic N) is 2. The van der Waals surface area contributed by atoms with Gasteiger partial charge in [-0.1, -0.05) is 325 Å². The second kappa shape index (κ2) is 24.8. The zero-order valence-corrected chi connectivity index (χ0v) is 68.3. The van der Waals surface area contributed by atoms with Gasteiger partial charge in [-0.3, -0.25) is 0 Å². The summed E-state index contributed by atoms with van der Waals surface area (Å²) in [4.78, 5) is 5.09. The number of anilines is 6. The maximum atomic E-state index is 2.57. The van der Waals surface area contributed by atoms with E-state index in [0.717, 1.165) is 34.1 Å². The predicted molar refractivity (Wildman–Crippen MR) is 506 cm³/mol. The summed E-state index contributed by atoms with van der Waals surface area (Å²) >= 11 is 3.78. The third-order valence-electron chi connectivity index (χ3n) is 28.3. The van der Waals surface area contributed by atoms with Crippen LogP contribution in [0.5, 0.6) is 0 Å². The molecule has 1 atom stereocenters. The van der Waals surface area contributed by atoms with Crippen LogP contribution >= 0.6 is 22.7 Å². The van der Waals surface area contributed by atoms with Gasteiger partial charge in [-0.05, 0) is 258 Å². The highest BCUT2D eigenvalue weighted by Crippen LogP contribution is 2.67. The highest BCUT2D eigenvalue weighted by atomic mass is 32.1. The van der Waals surface area contributed by atoms with Crippen LogP contribution in [0.1, 0.15) is 94.5 Å². The van der Waals surface area contributed by atoms with Crippen molar-refractivity contribution in [2.75, 3.05) is 9.80 Å². The lowest BCUT2D eigenvalue weighted by atomic mass is 9.70. The Morgan fingerprint density at radius 1 is 0.200 bits per heavy atom. The molecular formula is C116H76N2S2. The van der Waals surface area contributed by atoms with E-state index in [4.69, 9.17) is 0 Å². The molecule has 0 radical (unpaired) electrons. The summed E-state index contributed by atoms with van der Waals surface area (Å²) in [5.41, 5.74) is 44.3. The molecule has 0 amide bonds. The van der Waals surface area contributed by atoms with Crippen LogP contribution in [0.2, 0.25) is 0 Å². The lowest BCUT2D eigenvalue weighted by Gasteiger charge is -2.32. The molecule has 0 saturated carbocycles. The molecule has 0 aliphatic heterocycles. The third-order valence-corrected chi connectivity index (χ3v) is 30.6. The van der Waals surface area contributed by atoms with Crippen LogP contribution in [-0.2, 0) is 21.7 Å². The minimum Gasteiger partial charge on any atom is -0.310 e. The standard InChI is InChI=1S/C116H76N2S2/c1-113(2)95-39-13-5-29-84(95)90-36-21-34-78(110(90)113)69-49-54-72(55-50-69)117(74-60-64-107-94(66-74)89-32-12-20-47-106(89)119-107)75-58-61-87-83-28-10-18-44-100(83)116(103(87)67-75)101-45-19-11-31-86(101)93-65-71(53-63-102(93)116)77-33-24-48-108-109(77)92-38-23-46-105(112(92)120-108)118(73-56-51-70(52-57-73)79-35-22-37-91-85-30-6-14-40-96(85)114(3,4)111(79)91)76-59-62-88-82-27-9-17-43-99(82)115(104(88)68-76)97-41-15-7-25-80(97)81-26-8-16-42-98(81)115/h5-68H,1-4H3. The average molecular weight is 1560 g/mol. The van der Waals surface area contributed by atoms with Crippen LogP contribution in [0.25, 0.3) is 140 Å². The van der Waals surface area contributed by atoms with E-state index in [0.29, 0.717) is 0 Å². The Kier molecular flexibility index (Phi) is 14.1. The van der Waals surface area contributed by atoms with Gasteiger partial charge in [0.1, 0.15) is 0 Å². The van der Waals surface area contributed by atoms with E-state index in [1.165, 1.54) is 207 Å². The highest BCUT2D eigenvalue weighted by molar-refractivity contribution is 7.26. The molecule has 0 fully saturated rings. The van der Waals surface area contributed by atoms with Gasteiger partial charge in [0.25, 0.3) is 0 Å². The molecule has 6 aliphatic rings. The van der Waals surface area contributed by atoms with Crippen LogP contribution in [0.3, 0.4) is 0 Å². The first-order chi connectivity index (χ1) is 59.0. The molecular weight excluding hydrogens is 1490 g/mol. The maximum Gasteiger partial charge on any atom is 0.0726 e. The summed E-state index contributed by atoms with van der Waals surface area (Å²) in [6, 6.07) is 149. The van der Waals surface area contributed by atoms with Gasteiger partial charge in [0, 0.05) is 74.9 Å². The second-order valence-electron chi connectivity index (χ2n) is 34.7. The van der Waals surface area contributed by atoms with Crippen LogP contribution in [-0.4, -0.2) is 0 Å². The van der Waals surface area contributed by atoms with Crippen molar-refractivity contribution in [1.29, 1.82) is 0 Å². The molecule has 2 spiro atoms. The molecule has 0 N–H and O–H groups in total. The molecule has 26 rings (SSSR count). The fourth-order valence-corrected chi connectivity index (χ4v) is 25.7. The van der Waals surface area contributed by atoms with E-state index in [9.17, 15) is 0 Å². The van der Waals surface area contributed by atoms with Gasteiger partial charge in [0.05, 0.1) is 21.2 Å². The first kappa shape index (κ1) is 68.1. The first-order valence-electron chi connectivity index (χ1n) is 42.1. The van der Waals surface area contributed by atoms with E-state index in [1.807, 2.05) is 22.7 Å². The van der Waals surface area contributed by atoms with Crippen molar-refractivity contribution >= 4 is 97.1 Å². The molecule has 2 aromatic heterocycles. The van der Waals surface area contributed by atoms with Gasteiger partial charge in [-0.15, -0.1) is 22.7 Å². The van der Waals surface area contributed by atoms with Crippen molar-refractivity contribution in [3.63, 3.8) is 0 Å². The third kappa shape index (κ3) is 9.01. The smallest absolute Gasteiger partial charge is 0.0726 e. The Morgan fingerprint density at radius 2 is 0.550 bits per heavy atom. The molecule has 2 heterocycles. The van der Waals surface area contributed by atoms with Gasteiger partial charge in [0.2, 0.25) is 0 Å². The molecule has 0 bridgehead atoms. The highest BCUT2D eigenvalue weighted by Gasteiger charge is 2.54. The molecule has 20 aromatic rings. The lowest BCUT2D eigenvalue weighted by molar-refractivity contribution is 0.662. The SMILES string of the molecule is CC1(C)c2ccccc2-c2cccc(-c3ccc(N(c4ccc5c(c4)C4(c6ccccc6-c6cc(-c7cccc8sc9c(N(c%10ccc(-c%11cccc%12c%11C(C)(C)c%11ccccc%11-%12)cc%10)c%10ccc%11c(c%10)C%10(c%12ccccc%12-c%12ccccc%12%10)c%10ccccc%10-%11)cccc9c78)ccc64)c4ccccc4-5)c4ccc5sc6ccccc6c5c4)cc3)c21. The minimum atomic E-state index is -0.626. The molecule has 6 aliphatic carbocycles. The van der Waals surface area contributed by atoms with Crippen LogP contribution < -0.4 is 9.80 Å². The molecule has 562 valence electrons. The largest absolute Gasteiger partial charge is 0.310 e. The van der Waals surface area contributed by atoms with E-state index >= 15 is 0 Å². The number of benzene rings is 18. The zero-order chi connectivity index (χ0) is 79.2. The summed E-state index contributed by atoms with van der Waals surface area (Å²) in [6.07, 6.45) is 0. The van der Waals surface area contributed by atoms with Crippen molar-refractivity contribution in [2.24, 2.45) is 0 Å². The van der Waals surface area contributed by atoms with Gasteiger partial charge >= 0.3 is 0 Å². The van der Waals surface area contributed by atoms with Crippen LogP contribution in [0, 0.1) is 0 Å². The molecule has 1 unspecified atom stereocenters. The Balaban J connectivity index is 0.631. The van der Waals surface area contributed by atoms with Crippen molar-refractivity contribution in [2.45, 2.75) is 49.4 Å². The van der Waals surface area contributed by atoms with Gasteiger partial charge in [-0.2, -0.15) is 0 Å². The number of hydrogen-bond acceptors (Lipinski definition) is 4. The number of fused-ring (bicyclic) bond motifs is 32. The molecule has 2 nitrogen and oxygen atoms in total. The summed E-state index contributed by atoms with van der Waals surface area (Å²) in [6.45, 7) is 9.58. The van der Waals surface area contributed by atoms with E-state index < -0.39 is 10.8 Å². The lowest BCUT2D eigenvalue weighted by Crippen LogP contribution is -2.26. The summed E-state index contributed by atoms with van der Waals surface area (Å²) in [7, 11) is 0. The Bertz CT molecular complexity index is 7810. The summed E-state index contributed by atoms with van der Waals surface area (Å²) in [5.74, 6) is 0. The minimum absolute atomic E-state index is 0.152. The van der Waals surface area contributed by atoms with E-state index in [-0.39, 0.29) is 10.8 Å². The Labute approximate surface area is 706 Å². The fourth-order valence-electron chi connectivity index (χ4n) is 23.4. The molecule has 120 heavy (non-hydrogen) atoms. The molecule has 4 heteroatoms. The topological polar surface area (TPSA) is 6.48 Å². The van der Waals surface area contributed by atoms with Crippen molar-refractivity contribution in [3.8, 4) is 100 Å². The van der Waals surface area contributed by atoms with Gasteiger partial charge < -0.3 is 9.80 Å². The second-order valence-corrected chi connectivity index (χ2v) is 36.9. The first-order valence-corrected chi connectivity index (χ1v) is 43.7. The van der Waals surface area contributed by atoms with E-state index in [1.54, 1.807) is 0 Å². The summed E-state index contributed by atoms with van der Waals surface area (Å²) in [5, 5.41) is 5.06. The van der Waals surface area contributed by atoms with Crippen LogP contribution in [0.15, 0.2) is 388 Å². The van der Waals surface area contributed by atoms with Crippen LogP contribution in [0.4, 0.5) is 34.1 Å². The van der Waals surface area contributed by atoms with Crippen molar-refractivity contribution in [1.82, 2.24) is 0 Å². The Morgan fingerprint density at radius 3 is 1.08 bits per heavy atom. The maximum absolute atomic E-state index is 2.57. The molecule has 18 aromatic carbocycles. The zero-order valence-electron chi connectivity index (χ0n) is 66.7. The fraction of sp³-hybridized carbons (Fsp3) is 0.0690. The van der Waals surface area contributed by atoms with Gasteiger partial charge in [-0.25, -0.2) is 0 Å². The van der Waals surface area contributed by atoms with Crippen molar-refractivity contribution < 1.29 is 0 Å². The normalized spacial score (nSPS) is 15.4. The molecule has 0 saturated heterocycles. The number of hydrogen-bond donors (Lipinski definition) is 0. The van der Waals surface area contributed by atoms with Crippen molar-refractivity contribution in [3.05, 3.63) is 455 Å². The summed E-state index contributed by atoms with van der Waals surface area (Å²) < 4.78 is 5.07. The van der Waals surface area contributed by atoms with E-state index in [2.05, 4.69) is 426 Å². The number of thiophene rings is 2. The number of rotatable bonds is 9. The average Bonchev–Trinajstić information content (AvgIpc) is 1.51. The Hall–Kier alpha value is -14.0. The quantitative estimate of drug-likeness (QED) is 0.142. The predicted octanol–water partition coefficient (Wildman–Crippen LogP) is 31.7.